The molecule has 124 valence electrons. The fourth-order valence-electron chi connectivity index (χ4n) is 3.03. The highest BCUT2D eigenvalue weighted by Gasteiger charge is 2.18. The summed E-state index contributed by atoms with van der Waals surface area (Å²) in [6, 6.07) is 10.5. The van der Waals surface area contributed by atoms with Crippen LogP contribution in [0.1, 0.15) is 37.6 Å². The lowest BCUT2D eigenvalue weighted by molar-refractivity contribution is 0.348. The molecule has 4 nitrogen and oxygen atoms in total. The van der Waals surface area contributed by atoms with E-state index < -0.39 is 0 Å². The van der Waals surface area contributed by atoms with Crippen molar-refractivity contribution in [2.75, 3.05) is 25.4 Å². The molecule has 0 bridgehead atoms. The van der Waals surface area contributed by atoms with Crippen LogP contribution in [0, 0.1) is 5.92 Å². The lowest BCUT2D eigenvalue weighted by Crippen LogP contribution is -2.22. The molecule has 1 aliphatic heterocycles. The summed E-state index contributed by atoms with van der Waals surface area (Å²) in [6.07, 6.45) is 2.12. The van der Waals surface area contributed by atoms with E-state index in [0.29, 0.717) is 11.1 Å². The highest BCUT2D eigenvalue weighted by molar-refractivity contribution is 7.99. The largest absolute Gasteiger partial charge is 0.416 e. The van der Waals surface area contributed by atoms with Gasteiger partial charge in [0.15, 0.2) is 0 Å². The number of nitrogens with zero attached hydrogens (tertiary/aromatic N) is 3. The van der Waals surface area contributed by atoms with Gasteiger partial charge in [0, 0.05) is 25.3 Å². The van der Waals surface area contributed by atoms with Crippen molar-refractivity contribution in [1.29, 1.82) is 0 Å². The summed E-state index contributed by atoms with van der Waals surface area (Å²) in [5.41, 5.74) is 1.31. The first kappa shape index (κ1) is 16.5. The van der Waals surface area contributed by atoms with Gasteiger partial charge in [-0.15, -0.1) is 10.2 Å². The Morgan fingerprint density at radius 3 is 2.87 bits per heavy atom. The van der Waals surface area contributed by atoms with Crippen molar-refractivity contribution in [2.24, 2.45) is 5.92 Å². The Labute approximate surface area is 142 Å². The van der Waals surface area contributed by atoms with Crippen LogP contribution < -0.4 is 0 Å². The zero-order valence-corrected chi connectivity index (χ0v) is 14.8. The molecule has 1 saturated heterocycles. The van der Waals surface area contributed by atoms with Gasteiger partial charge < -0.3 is 9.32 Å². The highest BCUT2D eigenvalue weighted by atomic mass is 32.2. The molecule has 0 spiro atoms. The molecule has 0 radical (unpaired) electrons. The lowest BCUT2D eigenvalue weighted by Gasteiger charge is -2.13. The number of benzene rings is 1. The molecule has 0 aliphatic carbocycles. The second kappa shape index (κ2) is 7.97. The van der Waals surface area contributed by atoms with Crippen LogP contribution in [-0.2, 0) is 6.42 Å². The van der Waals surface area contributed by atoms with Gasteiger partial charge in [0.2, 0.25) is 5.89 Å². The van der Waals surface area contributed by atoms with Gasteiger partial charge in [-0.1, -0.05) is 55.9 Å². The van der Waals surface area contributed by atoms with Crippen LogP contribution >= 0.6 is 11.8 Å². The molecule has 0 saturated carbocycles. The predicted octanol–water partition coefficient (Wildman–Crippen LogP) is 3.85. The van der Waals surface area contributed by atoms with Gasteiger partial charge in [-0.2, -0.15) is 0 Å². The van der Waals surface area contributed by atoms with Crippen molar-refractivity contribution in [1.82, 2.24) is 15.1 Å². The molecule has 2 heterocycles. The van der Waals surface area contributed by atoms with E-state index in [4.69, 9.17) is 4.42 Å². The summed E-state index contributed by atoms with van der Waals surface area (Å²) in [5, 5.41) is 9.06. The van der Waals surface area contributed by atoms with Gasteiger partial charge in [0.05, 0.1) is 0 Å². The molecule has 23 heavy (non-hydrogen) atoms. The Morgan fingerprint density at radius 1 is 1.30 bits per heavy atom. The van der Waals surface area contributed by atoms with E-state index in [2.05, 4.69) is 53.2 Å². The number of thioether (sulfide) groups is 1. The van der Waals surface area contributed by atoms with Crippen molar-refractivity contribution in [3.8, 4) is 0 Å². The van der Waals surface area contributed by atoms with E-state index in [0.717, 1.165) is 30.5 Å². The SMILES string of the molecule is CC1CCN(CCSc2nnc(CC(C)c3ccccc3)o2)C1. The van der Waals surface area contributed by atoms with Crippen LogP contribution in [0.15, 0.2) is 40.0 Å². The Hall–Kier alpha value is -1.33. The Balaban J connectivity index is 1.44. The molecule has 1 aliphatic rings. The molecule has 0 N–H and O–H groups in total. The molecule has 3 rings (SSSR count). The van der Waals surface area contributed by atoms with Crippen molar-refractivity contribution < 1.29 is 4.42 Å². The minimum Gasteiger partial charge on any atom is -0.416 e. The average molecular weight is 331 g/mol. The molecular weight excluding hydrogens is 306 g/mol. The van der Waals surface area contributed by atoms with Crippen LogP contribution in [0.3, 0.4) is 0 Å². The van der Waals surface area contributed by atoms with Crippen LogP contribution in [0.4, 0.5) is 0 Å². The molecule has 5 heteroatoms. The fraction of sp³-hybridized carbons (Fsp3) is 0.556. The van der Waals surface area contributed by atoms with Gasteiger partial charge >= 0.3 is 0 Å². The second-order valence-electron chi connectivity index (χ2n) is 6.52. The van der Waals surface area contributed by atoms with Gasteiger partial charge in [-0.05, 0) is 30.4 Å². The van der Waals surface area contributed by atoms with Crippen LogP contribution in [0.25, 0.3) is 0 Å². The smallest absolute Gasteiger partial charge is 0.276 e. The first-order chi connectivity index (χ1) is 11.2. The Kier molecular flexibility index (Phi) is 5.73. The minimum absolute atomic E-state index is 0.389. The first-order valence-corrected chi connectivity index (χ1v) is 9.41. The maximum atomic E-state index is 5.78. The molecule has 1 fully saturated rings. The number of rotatable bonds is 7. The molecule has 1 aromatic heterocycles. The van der Waals surface area contributed by atoms with E-state index in [1.54, 1.807) is 11.8 Å². The maximum Gasteiger partial charge on any atom is 0.276 e. The van der Waals surface area contributed by atoms with Crippen LogP contribution in [0.2, 0.25) is 0 Å². The van der Waals surface area contributed by atoms with Gasteiger partial charge in [-0.25, -0.2) is 0 Å². The molecule has 0 amide bonds. The number of hydrogen-bond acceptors (Lipinski definition) is 5. The monoisotopic (exact) mass is 331 g/mol. The Morgan fingerprint density at radius 2 is 2.13 bits per heavy atom. The summed E-state index contributed by atoms with van der Waals surface area (Å²) in [6.45, 7) is 8.08. The third-order valence-corrected chi connectivity index (χ3v) is 5.24. The summed E-state index contributed by atoms with van der Waals surface area (Å²) < 4.78 is 5.78. The number of aromatic nitrogens is 2. The number of likely N-dealkylation sites (tertiary alicyclic amines) is 1. The third-order valence-electron chi connectivity index (χ3n) is 4.44. The minimum atomic E-state index is 0.389. The van der Waals surface area contributed by atoms with E-state index in [-0.39, 0.29) is 0 Å². The molecule has 2 atom stereocenters. The Bertz CT molecular complexity index is 601. The molecule has 1 aromatic carbocycles. The molecule has 2 aromatic rings. The summed E-state index contributed by atoms with van der Waals surface area (Å²) in [5.74, 6) is 2.98. The highest BCUT2D eigenvalue weighted by Crippen LogP contribution is 2.23. The van der Waals surface area contributed by atoms with Crippen LogP contribution in [-0.4, -0.2) is 40.5 Å². The predicted molar refractivity (Wildman–Crippen MR) is 93.8 cm³/mol. The maximum absolute atomic E-state index is 5.78. The topological polar surface area (TPSA) is 42.2 Å². The fourth-order valence-corrected chi connectivity index (χ4v) is 3.81. The summed E-state index contributed by atoms with van der Waals surface area (Å²) in [4.78, 5) is 2.52. The zero-order chi connectivity index (χ0) is 16.1. The van der Waals surface area contributed by atoms with E-state index in [1.807, 2.05) is 6.07 Å². The van der Waals surface area contributed by atoms with E-state index >= 15 is 0 Å². The van der Waals surface area contributed by atoms with Crippen molar-refractivity contribution in [2.45, 2.75) is 37.8 Å². The van der Waals surface area contributed by atoms with E-state index in [1.165, 1.54) is 25.1 Å². The third kappa shape index (κ3) is 4.82. The lowest BCUT2D eigenvalue weighted by atomic mass is 9.98. The summed E-state index contributed by atoms with van der Waals surface area (Å²) in [7, 11) is 0. The van der Waals surface area contributed by atoms with Crippen LogP contribution in [0.5, 0.6) is 0 Å². The number of hydrogen-bond donors (Lipinski definition) is 0. The first-order valence-electron chi connectivity index (χ1n) is 8.43. The quantitative estimate of drug-likeness (QED) is 0.721. The second-order valence-corrected chi connectivity index (χ2v) is 7.57. The van der Waals surface area contributed by atoms with Gasteiger partial charge in [-0.3, -0.25) is 0 Å². The average Bonchev–Trinajstić information content (AvgIpc) is 3.17. The van der Waals surface area contributed by atoms with Crippen molar-refractivity contribution in [3.05, 3.63) is 41.8 Å². The zero-order valence-electron chi connectivity index (χ0n) is 13.9. The van der Waals surface area contributed by atoms with E-state index in [9.17, 15) is 0 Å². The van der Waals surface area contributed by atoms with Gasteiger partial charge in [0.25, 0.3) is 5.22 Å². The molecular formula is C18H25N3OS. The van der Waals surface area contributed by atoms with Crippen molar-refractivity contribution >= 4 is 11.8 Å². The van der Waals surface area contributed by atoms with Crippen molar-refractivity contribution in [3.63, 3.8) is 0 Å². The van der Waals surface area contributed by atoms with Gasteiger partial charge in [0.1, 0.15) is 0 Å². The molecule has 2 unspecified atom stereocenters. The summed E-state index contributed by atoms with van der Waals surface area (Å²) >= 11 is 1.67. The standard InChI is InChI=1S/C18H25N3OS/c1-14-8-9-21(13-14)10-11-23-18-20-19-17(22-18)12-15(2)16-6-4-3-5-7-16/h3-7,14-15H,8-13H2,1-2H3. The normalized spacial score (nSPS) is 20.0.